The van der Waals surface area contributed by atoms with Gasteiger partial charge in [-0.2, -0.15) is 0 Å². The van der Waals surface area contributed by atoms with Gasteiger partial charge in [-0.1, -0.05) is 32.9 Å². The largest absolute Gasteiger partial charge is 0.493 e. The third-order valence-corrected chi connectivity index (χ3v) is 6.50. The lowest BCUT2D eigenvalue weighted by Crippen LogP contribution is -2.29. The van der Waals surface area contributed by atoms with Crippen molar-refractivity contribution >= 4 is 29.9 Å². The summed E-state index contributed by atoms with van der Waals surface area (Å²) in [5, 5.41) is 17.8. The second-order valence-electron chi connectivity index (χ2n) is 10.3. The first kappa shape index (κ1) is 29.3. The molecule has 1 aliphatic rings. The number of carboxylic acid groups (broad SMARTS) is 2. The number of benzene rings is 2. The number of Topliss-reactive ketones (excluding diaryl/α,β-unsaturated/α-hetero) is 1. The maximum atomic E-state index is 13.6. The highest BCUT2D eigenvalue weighted by Gasteiger charge is 2.34. The van der Waals surface area contributed by atoms with Gasteiger partial charge in [0, 0.05) is 11.1 Å². The molecule has 0 radical (unpaired) electrons. The Hall–Kier alpha value is -4.27. The summed E-state index contributed by atoms with van der Waals surface area (Å²) in [6.45, 7) is 5.47. The predicted octanol–water partition coefficient (Wildman–Crippen LogP) is 5.12. The number of hydrogen-bond donors (Lipinski definition) is 2. The molecule has 0 aliphatic heterocycles. The topological polar surface area (TPSA) is 129 Å². The van der Waals surface area contributed by atoms with Crippen LogP contribution in [0.5, 0.6) is 23.0 Å². The molecular formula is C30H34O9. The number of allylic oxidation sites excluding steroid dienone is 2. The third-order valence-electron chi connectivity index (χ3n) is 6.50. The van der Waals surface area contributed by atoms with E-state index in [0.29, 0.717) is 47.0 Å². The van der Waals surface area contributed by atoms with E-state index in [2.05, 4.69) is 20.8 Å². The monoisotopic (exact) mass is 538 g/mol. The zero-order valence-corrected chi connectivity index (χ0v) is 22.8. The Morgan fingerprint density at radius 3 is 1.54 bits per heavy atom. The van der Waals surface area contributed by atoms with Crippen molar-refractivity contribution in [1.82, 2.24) is 0 Å². The van der Waals surface area contributed by atoms with Gasteiger partial charge in [-0.05, 0) is 71.7 Å². The zero-order valence-electron chi connectivity index (χ0n) is 22.8. The maximum absolute atomic E-state index is 13.6. The number of rotatable bonds is 10. The summed E-state index contributed by atoms with van der Waals surface area (Å²) in [6.07, 6.45) is 4.87. The predicted molar refractivity (Wildman–Crippen MR) is 145 cm³/mol. The second kappa shape index (κ2) is 12.5. The average molecular weight is 539 g/mol. The van der Waals surface area contributed by atoms with E-state index in [4.69, 9.17) is 29.2 Å². The van der Waals surface area contributed by atoms with Crippen LogP contribution in [0.4, 0.5) is 0 Å². The Kier molecular flexibility index (Phi) is 9.40. The van der Waals surface area contributed by atoms with Crippen LogP contribution >= 0.6 is 0 Å². The van der Waals surface area contributed by atoms with Gasteiger partial charge in [-0.3, -0.25) is 4.79 Å². The standard InChI is InChI=1S/C30H34O9/c1-30(2,3)22-14-20(10-18-6-8-23(25(12-18)36-4)38-16-27(31)32)29(35)21(15-22)11-19-7-9-24(26(13-19)37-5)39-17-28(33)34/h6-13,22H,14-17H2,1-5H3,(H,31,32)(H,33,34)/b20-10-,21-11+. The van der Waals surface area contributed by atoms with Gasteiger partial charge in [0.15, 0.2) is 42.0 Å². The van der Waals surface area contributed by atoms with Crippen LogP contribution in [-0.2, 0) is 14.4 Å². The van der Waals surface area contributed by atoms with Crippen LogP contribution in [0.3, 0.4) is 0 Å². The van der Waals surface area contributed by atoms with Crippen LogP contribution in [0.1, 0.15) is 44.7 Å². The van der Waals surface area contributed by atoms with E-state index in [9.17, 15) is 14.4 Å². The minimum absolute atomic E-state index is 0.0582. The van der Waals surface area contributed by atoms with Crippen molar-refractivity contribution in [2.75, 3.05) is 27.4 Å². The molecule has 2 aromatic rings. The summed E-state index contributed by atoms with van der Waals surface area (Å²) < 4.78 is 21.3. The van der Waals surface area contributed by atoms with E-state index in [1.54, 1.807) is 36.4 Å². The summed E-state index contributed by atoms with van der Waals surface area (Å²) in [5.41, 5.74) is 2.71. The van der Waals surface area contributed by atoms with E-state index in [1.807, 2.05) is 12.2 Å². The Balaban J connectivity index is 1.97. The molecule has 3 rings (SSSR count). The van der Waals surface area contributed by atoms with E-state index in [0.717, 1.165) is 11.1 Å². The fourth-order valence-electron chi connectivity index (χ4n) is 4.32. The summed E-state index contributed by atoms with van der Waals surface area (Å²) >= 11 is 0. The van der Waals surface area contributed by atoms with Crippen molar-refractivity contribution in [1.29, 1.82) is 0 Å². The van der Waals surface area contributed by atoms with Crippen LogP contribution in [0.25, 0.3) is 12.2 Å². The van der Waals surface area contributed by atoms with Gasteiger partial charge in [0.05, 0.1) is 14.2 Å². The molecule has 0 aromatic heterocycles. The Labute approximate surface area is 227 Å². The Bertz CT molecular complexity index is 1210. The van der Waals surface area contributed by atoms with Crippen molar-refractivity contribution in [3.63, 3.8) is 0 Å². The van der Waals surface area contributed by atoms with Crippen LogP contribution in [-0.4, -0.2) is 55.4 Å². The van der Waals surface area contributed by atoms with E-state index < -0.39 is 25.2 Å². The number of methoxy groups -OCH3 is 2. The van der Waals surface area contributed by atoms with Crippen molar-refractivity contribution in [3.05, 3.63) is 58.7 Å². The lowest BCUT2D eigenvalue weighted by atomic mass is 9.68. The molecule has 9 nitrogen and oxygen atoms in total. The minimum atomic E-state index is -1.09. The number of aliphatic carboxylic acids is 2. The molecule has 208 valence electrons. The molecule has 1 fully saturated rings. The number of carboxylic acids is 2. The molecule has 1 atom stereocenters. The molecule has 39 heavy (non-hydrogen) atoms. The number of carbonyl (C=O) groups excluding carboxylic acids is 1. The summed E-state index contributed by atoms with van der Waals surface area (Å²) in [4.78, 5) is 35.4. The highest BCUT2D eigenvalue weighted by atomic mass is 16.5. The SMILES string of the molecule is COc1cc(/C=C2/CC(C(C)(C)C)C/C(=C\c3ccc(OCC(=O)O)c(OC)c3)C2=O)ccc1OCC(=O)O. The molecule has 1 saturated carbocycles. The van der Waals surface area contributed by atoms with E-state index >= 15 is 0 Å². The first-order chi connectivity index (χ1) is 18.4. The first-order valence-corrected chi connectivity index (χ1v) is 12.4. The van der Waals surface area contributed by atoms with Crippen LogP contribution < -0.4 is 18.9 Å². The molecule has 1 aliphatic carbocycles. The molecule has 0 spiro atoms. The van der Waals surface area contributed by atoms with Crippen molar-refractivity contribution in [3.8, 4) is 23.0 Å². The summed E-state index contributed by atoms with van der Waals surface area (Å²) in [7, 11) is 2.93. The molecular weight excluding hydrogens is 504 g/mol. The fraction of sp³-hybridized carbons (Fsp3) is 0.367. The van der Waals surface area contributed by atoms with Gasteiger partial charge < -0.3 is 29.2 Å². The summed E-state index contributed by atoms with van der Waals surface area (Å²) in [6, 6.07) is 10.2. The number of ketones is 1. The van der Waals surface area contributed by atoms with Gasteiger partial charge >= 0.3 is 11.9 Å². The average Bonchev–Trinajstić information content (AvgIpc) is 2.88. The second-order valence-corrected chi connectivity index (χ2v) is 10.3. The van der Waals surface area contributed by atoms with Crippen molar-refractivity contribution < 1.29 is 43.5 Å². The van der Waals surface area contributed by atoms with Gasteiger partial charge in [0.2, 0.25) is 0 Å². The van der Waals surface area contributed by atoms with Gasteiger partial charge in [0.1, 0.15) is 0 Å². The quantitative estimate of drug-likeness (QED) is 0.396. The highest BCUT2D eigenvalue weighted by Crippen LogP contribution is 2.42. The van der Waals surface area contributed by atoms with Crippen molar-refractivity contribution in [2.45, 2.75) is 33.6 Å². The first-order valence-electron chi connectivity index (χ1n) is 12.4. The van der Waals surface area contributed by atoms with Gasteiger partial charge in [-0.25, -0.2) is 9.59 Å². The van der Waals surface area contributed by atoms with Gasteiger partial charge in [-0.15, -0.1) is 0 Å². The number of hydrogen-bond acceptors (Lipinski definition) is 7. The van der Waals surface area contributed by atoms with Crippen LogP contribution in [0, 0.1) is 11.3 Å². The number of ether oxygens (including phenoxy) is 4. The van der Waals surface area contributed by atoms with Gasteiger partial charge in [0.25, 0.3) is 0 Å². The molecule has 0 bridgehead atoms. The molecule has 1 unspecified atom stereocenters. The smallest absolute Gasteiger partial charge is 0.341 e. The number of carbonyl (C=O) groups is 3. The normalized spacial score (nSPS) is 17.7. The van der Waals surface area contributed by atoms with E-state index in [-0.39, 0.29) is 17.1 Å². The minimum Gasteiger partial charge on any atom is -0.493 e. The Morgan fingerprint density at radius 1 is 0.795 bits per heavy atom. The van der Waals surface area contributed by atoms with Crippen LogP contribution in [0.15, 0.2) is 47.5 Å². The van der Waals surface area contributed by atoms with Crippen molar-refractivity contribution in [2.24, 2.45) is 11.3 Å². The maximum Gasteiger partial charge on any atom is 0.341 e. The molecule has 9 heteroatoms. The molecule has 0 saturated heterocycles. The molecule has 0 heterocycles. The summed E-state index contributed by atoms with van der Waals surface area (Å²) in [5.74, 6) is -0.709. The Morgan fingerprint density at radius 2 is 1.21 bits per heavy atom. The molecule has 2 N–H and O–H groups in total. The lowest BCUT2D eigenvalue weighted by molar-refractivity contribution is -0.140. The zero-order chi connectivity index (χ0) is 28.7. The highest BCUT2D eigenvalue weighted by molar-refractivity contribution is 6.14. The molecule has 0 amide bonds. The lowest BCUT2D eigenvalue weighted by Gasteiger charge is -2.35. The third kappa shape index (κ3) is 7.86. The van der Waals surface area contributed by atoms with E-state index in [1.165, 1.54) is 14.2 Å². The van der Waals surface area contributed by atoms with Crippen LogP contribution in [0.2, 0.25) is 0 Å². The molecule has 2 aromatic carbocycles. The fourth-order valence-corrected chi connectivity index (χ4v) is 4.32.